The fraction of sp³-hybridized carbons (Fsp3) is 0.111. The van der Waals surface area contributed by atoms with Crippen LogP contribution in [-0.2, 0) is 0 Å². The number of hydrogen-bond donors (Lipinski definition) is 1. The second-order valence-corrected chi connectivity index (χ2v) is 2.86. The molecule has 1 N–H and O–H groups in total. The number of ketones is 1. The Balaban J connectivity index is 3.07. The predicted molar refractivity (Wildman–Crippen MR) is 47.7 cm³/mol. The summed E-state index contributed by atoms with van der Waals surface area (Å²) in [6.45, 7) is 0. The van der Waals surface area contributed by atoms with E-state index in [0.717, 1.165) is 0 Å². The van der Waals surface area contributed by atoms with Crippen LogP contribution < -0.4 is 0 Å². The number of rotatable bonds is 2. The third kappa shape index (κ3) is 2.20. The minimum absolute atomic E-state index is 0.0917. The van der Waals surface area contributed by atoms with Crippen LogP contribution in [0.15, 0.2) is 18.2 Å². The number of hydrogen-bond acceptors (Lipinski definition) is 3. The third-order valence-electron chi connectivity index (χ3n) is 1.50. The smallest absolute Gasteiger partial charge is 0.180 e. The number of aromatic hydroxyl groups is 1. The quantitative estimate of drug-likeness (QED) is 0.736. The van der Waals surface area contributed by atoms with E-state index >= 15 is 0 Å². The molecule has 1 aromatic rings. The lowest BCUT2D eigenvalue weighted by atomic mass is 10.1. The fourth-order valence-electron chi connectivity index (χ4n) is 0.899. The number of benzene rings is 1. The standard InChI is InChI=1S/C9H6ClNO2/c10-6-1-2-8(12)7(5-6)9(13)3-4-11/h1-2,5,12H,3H2. The van der Waals surface area contributed by atoms with Crippen LogP contribution in [0.2, 0.25) is 5.02 Å². The molecule has 0 atom stereocenters. The summed E-state index contributed by atoms with van der Waals surface area (Å²) in [6.07, 6.45) is -0.256. The van der Waals surface area contributed by atoms with Gasteiger partial charge in [-0.25, -0.2) is 0 Å². The lowest BCUT2D eigenvalue weighted by molar-refractivity contribution is 0.0995. The number of halogens is 1. The number of nitriles is 1. The summed E-state index contributed by atoms with van der Waals surface area (Å²) in [5.74, 6) is -0.577. The topological polar surface area (TPSA) is 61.1 Å². The zero-order valence-corrected chi connectivity index (χ0v) is 7.38. The van der Waals surface area contributed by atoms with Crippen molar-refractivity contribution in [3.05, 3.63) is 28.8 Å². The van der Waals surface area contributed by atoms with Crippen LogP contribution in [-0.4, -0.2) is 10.9 Å². The van der Waals surface area contributed by atoms with Gasteiger partial charge in [0.25, 0.3) is 0 Å². The highest BCUT2D eigenvalue weighted by atomic mass is 35.5. The Labute approximate surface area is 80.2 Å². The van der Waals surface area contributed by atoms with E-state index in [0.29, 0.717) is 5.02 Å². The monoisotopic (exact) mass is 195 g/mol. The molecule has 1 aromatic carbocycles. The predicted octanol–water partition coefficient (Wildman–Crippen LogP) is 2.14. The zero-order chi connectivity index (χ0) is 9.84. The number of phenols is 1. The van der Waals surface area contributed by atoms with Gasteiger partial charge in [-0.05, 0) is 18.2 Å². The van der Waals surface area contributed by atoms with E-state index in [-0.39, 0.29) is 17.7 Å². The first-order chi connectivity index (χ1) is 6.15. The number of phenolic OH excluding ortho intramolecular Hbond substituents is 1. The van der Waals surface area contributed by atoms with Crippen LogP contribution in [0.3, 0.4) is 0 Å². The molecule has 4 heteroatoms. The maximum Gasteiger partial charge on any atom is 0.180 e. The van der Waals surface area contributed by atoms with Gasteiger partial charge < -0.3 is 5.11 Å². The minimum Gasteiger partial charge on any atom is -0.507 e. The summed E-state index contributed by atoms with van der Waals surface area (Å²) in [5, 5.41) is 17.9. The van der Waals surface area contributed by atoms with Gasteiger partial charge in [0.2, 0.25) is 0 Å². The molecule has 0 aromatic heterocycles. The minimum atomic E-state index is -0.428. The molecule has 0 aliphatic heterocycles. The van der Waals surface area contributed by atoms with E-state index in [1.807, 2.05) is 0 Å². The van der Waals surface area contributed by atoms with E-state index in [1.165, 1.54) is 18.2 Å². The van der Waals surface area contributed by atoms with Gasteiger partial charge in [-0.1, -0.05) is 11.6 Å². The molecule has 0 amide bonds. The Kier molecular flexibility index (Phi) is 2.88. The molecule has 0 bridgehead atoms. The SMILES string of the molecule is N#CCC(=O)c1cc(Cl)ccc1O. The zero-order valence-electron chi connectivity index (χ0n) is 6.62. The summed E-state index contributed by atoms with van der Waals surface area (Å²) in [5.41, 5.74) is 0.0917. The van der Waals surface area contributed by atoms with Crippen molar-refractivity contribution < 1.29 is 9.90 Å². The molecule has 0 saturated heterocycles. The van der Waals surface area contributed by atoms with Gasteiger partial charge in [0, 0.05) is 5.02 Å². The molecule has 0 aliphatic carbocycles. The summed E-state index contributed by atoms with van der Waals surface area (Å²) >= 11 is 5.61. The normalized spacial score (nSPS) is 9.23. The number of nitrogens with zero attached hydrogens (tertiary/aromatic N) is 1. The van der Waals surface area contributed by atoms with Gasteiger partial charge >= 0.3 is 0 Å². The molecule has 0 fully saturated rings. The first-order valence-electron chi connectivity index (χ1n) is 3.54. The van der Waals surface area contributed by atoms with Crippen LogP contribution in [0.4, 0.5) is 0 Å². The average Bonchev–Trinajstić information content (AvgIpc) is 2.09. The van der Waals surface area contributed by atoms with E-state index < -0.39 is 5.78 Å². The second-order valence-electron chi connectivity index (χ2n) is 2.42. The van der Waals surface area contributed by atoms with Crippen LogP contribution >= 0.6 is 11.6 Å². The molecule has 1 rings (SSSR count). The fourth-order valence-corrected chi connectivity index (χ4v) is 1.07. The van der Waals surface area contributed by atoms with Crippen molar-refractivity contribution in [2.75, 3.05) is 0 Å². The molecule has 13 heavy (non-hydrogen) atoms. The van der Waals surface area contributed by atoms with Gasteiger partial charge in [0.05, 0.1) is 18.1 Å². The Morgan fingerprint density at radius 3 is 2.92 bits per heavy atom. The largest absolute Gasteiger partial charge is 0.507 e. The first-order valence-corrected chi connectivity index (χ1v) is 3.91. The van der Waals surface area contributed by atoms with Crippen molar-refractivity contribution in [1.82, 2.24) is 0 Å². The second kappa shape index (κ2) is 3.92. The van der Waals surface area contributed by atoms with Gasteiger partial charge in [0.15, 0.2) is 5.78 Å². The lowest BCUT2D eigenvalue weighted by Gasteiger charge is -2.00. The number of carbonyl (C=O) groups excluding carboxylic acids is 1. The lowest BCUT2D eigenvalue weighted by Crippen LogP contribution is -1.97. The number of Topliss-reactive ketones (excluding diaryl/α,β-unsaturated/α-hetero) is 1. The van der Waals surface area contributed by atoms with Gasteiger partial charge in [-0.2, -0.15) is 5.26 Å². The van der Waals surface area contributed by atoms with Gasteiger partial charge in [-0.3, -0.25) is 4.79 Å². The first kappa shape index (κ1) is 9.56. The molecule has 0 spiro atoms. The molecule has 0 heterocycles. The average molecular weight is 196 g/mol. The van der Waals surface area contributed by atoms with Crippen molar-refractivity contribution >= 4 is 17.4 Å². The van der Waals surface area contributed by atoms with E-state index in [1.54, 1.807) is 6.07 Å². The highest BCUT2D eigenvalue weighted by molar-refractivity contribution is 6.31. The van der Waals surface area contributed by atoms with Gasteiger partial charge in [-0.15, -0.1) is 0 Å². The molecule has 0 saturated carbocycles. The van der Waals surface area contributed by atoms with Crippen LogP contribution in [0, 0.1) is 11.3 Å². The summed E-state index contributed by atoms with van der Waals surface area (Å²) in [7, 11) is 0. The molecular formula is C9H6ClNO2. The molecule has 0 radical (unpaired) electrons. The maximum absolute atomic E-state index is 11.2. The van der Waals surface area contributed by atoms with Crippen LogP contribution in [0.25, 0.3) is 0 Å². The Hall–Kier alpha value is -1.53. The van der Waals surface area contributed by atoms with Crippen LogP contribution in [0.5, 0.6) is 5.75 Å². The highest BCUT2D eigenvalue weighted by Gasteiger charge is 2.10. The Morgan fingerprint density at radius 2 is 2.31 bits per heavy atom. The molecule has 0 aliphatic rings. The maximum atomic E-state index is 11.2. The summed E-state index contributed by atoms with van der Waals surface area (Å²) < 4.78 is 0. The molecule has 66 valence electrons. The van der Waals surface area contributed by atoms with Crippen molar-refractivity contribution in [2.45, 2.75) is 6.42 Å². The summed E-state index contributed by atoms with van der Waals surface area (Å²) in [4.78, 5) is 11.2. The van der Waals surface area contributed by atoms with Crippen molar-refractivity contribution in [3.63, 3.8) is 0 Å². The third-order valence-corrected chi connectivity index (χ3v) is 1.73. The Bertz CT molecular complexity index is 382. The Morgan fingerprint density at radius 1 is 1.62 bits per heavy atom. The summed E-state index contributed by atoms with van der Waals surface area (Å²) in [6, 6.07) is 5.85. The van der Waals surface area contributed by atoms with Crippen molar-refractivity contribution in [1.29, 1.82) is 5.26 Å². The van der Waals surface area contributed by atoms with Crippen molar-refractivity contribution in [3.8, 4) is 11.8 Å². The molecular weight excluding hydrogens is 190 g/mol. The van der Waals surface area contributed by atoms with E-state index in [4.69, 9.17) is 16.9 Å². The van der Waals surface area contributed by atoms with Crippen LogP contribution in [0.1, 0.15) is 16.8 Å². The molecule has 0 unspecified atom stereocenters. The highest BCUT2D eigenvalue weighted by Crippen LogP contribution is 2.22. The number of carbonyl (C=O) groups is 1. The van der Waals surface area contributed by atoms with Crippen molar-refractivity contribution in [2.24, 2.45) is 0 Å². The molecule has 3 nitrogen and oxygen atoms in total. The van der Waals surface area contributed by atoms with Gasteiger partial charge in [0.1, 0.15) is 5.75 Å². The van der Waals surface area contributed by atoms with E-state index in [2.05, 4.69) is 0 Å². The van der Waals surface area contributed by atoms with E-state index in [9.17, 15) is 9.90 Å².